The molecule has 0 saturated heterocycles. The van der Waals surface area contributed by atoms with Crippen LogP contribution in [0.4, 0.5) is 22.7 Å². The predicted molar refractivity (Wildman–Crippen MR) is 196 cm³/mol. The zero-order chi connectivity index (χ0) is 30.8. The van der Waals surface area contributed by atoms with Crippen molar-refractivity contribution in [3.05, 3.63) is 156 Å². The lowest BCUT2D eigenvalue weighted by atomic mass is 9.93. The number of nitro benzene ring substituents is 1. The Labute approximate surface area is 272 Å². The summed E-state index contributed by atoms with van der Waals surface area (Å²) in [5.41, 5.74) is 4.37. The molecule has 0 N–H and O–H groups in total. The van der Waals surface area contributed by atoms with Gasteiger partial charge in [0.25, 0.3) is 5.69 Å². The lowest BCUT2D eigenvalue weighted by Gasteiger charge is -2.26. The summed E-state index contributed by atoms with van der Waals surface area (Å²) in [6.07, 6.45) is 0. The van der Waals surface area contributed by atoms with Gasteiger partial charge in [-0.15, -0.1) is 22.7 Å². The number of nitro groups is 1. The van der Waals surface area contributed by atoms with E-state index >= 15 is 0 Å². The largest absolute Gasteiger partial charge is 0.310 e. The fourth-order valence-electron chi connectivity index (χ4n) is 6.77. The average Bonchev–Trinajstić information content (AvgIpc) is 3.68. The van der Waals surface area contributed by atoms with Crippen molar-refractivity contribution < 1.29 is 4.92 Å². The molecule has 0 aliphatic rings. The second-order valence-electron chi connectivity index (χ2n) is 11.3. The van der Waals surface area contributed by atoms with Gasteiger partial charge in [-0.3, -0.25) is 10.1 Å². The van der Waals surface area contributed by atoms with Crippen LogP contribution < -0.4 is 4.90 Å². The van der Waals surface area contributed by atoms with E-state index in [1.165, 1.54) is 30.9 Å². The fourth-order valence-corrected chi connectivity index (χ4v) is 9.12. The van der Waals surface area contributed by atoms with Crippen LogP contribution in [-0.4, -0.2) is 4.92 Å². The summed E-state index contributed by atoms with van der Waals surface area (Å²) in [4.78, 5) is 14.6. The summed E-state index contributed by atoms with van der Waals surface area (Å²) in [6.45, 7) is 0. The topological polar surface area (TPSA) is 46.4 Å². The molecule has 0 atom stereocenters. The first-order chi connectivity index (χ1) is 22.7. The first-order valence-electron chi connectivity index (χ1n) is 15.0. The number of fused-ring (bicyclic) bond motifs is 9. The molecule has 9 rings (SSSR count). The van der Waals surface area contributed by atoms with Gasteiger partial charge in [0, 0.05) is 74.4 Å². The number of benzene rings is 7. The normalized spacial score (nSPS) is 11.7. The third kappa shape index (κ3) is 4.11. The number of thiophene rings is 2. The Morgan fingerprint density at radius 1 is 0.500 bits per heavy atom. The van der Waals surface area contributed by atoms with Crippen molar-refractivity contribution >= 4 is 96.5 Å². The number of anilines is 3. The van der Waals surface area contributed by atoms with Crippen LogP contribution in [0.5, 0.6) is 0 Å². The molecule has 218 valence electrons. The summed E-state index contributed by atoms with van der Waals surface area (Å²) < 4.78 is 4.72. The monoisotopic (exact) mass is 628 g/mol. The molecule has 0 spiro atoms. The van der Waals surface area contributed by atoms with Crippen molar-refractivity contribution in [1.29, 1.82) is 0 Å². The van der Waals surface area contributed by atoms with Crippen LogP contribution in [0.2, 0.25) is 0 Å². The van der Waals surface area contributed by atoms with Gasteiger partial charge in [0.1, 0.15) is 0 Å². The molecule has 9 aromatic rings. The van der Waals surface area contributed by atoms with Crippen molar-refractivity contribution in [2.75, 3.05) is 4.90 Å². The van der Waals surface area contributed by atoms with Crippen molar-refractivity contribution in [3.8, 4) is 11.1 Å². The Morgan fingerprint density at radius 3 is 1.78 bits per heavy atom. The van der Waals surface area contributed by atoms with E-state index < -0.39 is 0 Å². The Balaban J connectivity index is 1.40. The highest BCUT2D eigenvalue weighted by atomic mass is 32.1. The lowest BCUT2D eigenvalue weighted by Crippen LogP contribution is -2.10. The Kier molecular flexibility index (Phi) is 6.13. The molecule has 6 heteroatoms. The standard InChI is InChI=1S/C40H24N2O2S2/c43-42(44)33-21-20-28(41(26-11-3-1-4-12-26)27-13-5-2-6-14-27)24-31(33)32-23-25-19-22-36-38(29-15-7-9-17-34(29)45-36)37(25)39-30-16-8-10-18-35(30)46-40(32)39/h1-24H. The Bertz CT molecular complexity index is 2590. The molecule has 46 heavy (non-hydrogen) atoms. The summed E-state index contributed by atoms with van der Waals surface area (Å²) in [5.74, 6) is 0. The molecule has 0 aliphatic carbocycles. The van der Waals surface area contributed by atoms with Gasteiger partial charge in [-0.2, -0.15) is 0 Å². The minimum absolute atomic E-state index is 0.0880. The summed E-state index contributed by atoms with van der Waals surface area (Å²) in [6, 6.07) is 49.4. The predicted octanol–water partition coefficient (Wildman–Crippen LogP) is 12.6. The molecule has 7 aromatic carbocycles. The lowest BCUT2D eigenvalue weighted by molar-refractivity contribution is -0.384. The van der Waals surface area contributed by atoms with Gasteiger partial charge >= 0.3 is 0 Å². The van der Waals surface area contributed by atoms with Crippen molar-refractivity contribution in [2.24, 2.45) is 0 Å². The zero-order valence-corrected chi connectivity index (χ0v) is 26.0. The molecule has 0 amide bonds. The van der Waals surface area contributed by atoms with E-state index in [4.69, 9.17) is 0 Å². The van der Waals surface area contributed by atoms with E-state index in [9.17, 15) is 10.1 Å². The minimum atomic E-state index is -0.257. The van der Waals surface area contributed by atoms with Crippen LogP contribution in [0.25, 0.3) is 62.2 Å². The molecule has 2 aromatic heterocycles. The van der Waals surface area contributed by atoms with E-state index in [2.05, 4.69) is 95.9 Å². The van der Waals surface area contributed by atoms with E-state index in [0.29, 0.717) is 5.56 Å². The van der Waals surface area contributed by atoms with Crippen molar-refractivity contribution in [1.82, 2.24) is 0 Å². The average molecular weight is 629 g/mol. The Morgan fingerprint density at radius 2 is 1.11 bits per heavy atom. The number of hydrogen-bond acceptors (Lipinski definition) is 5. The second-order valence-corrected chi connectivity index (χ2v) is 13.5. The highest BCUT2D eigenvalue weighted by Gasteiger charge is 2.25. The molecule has 0 radical (unpaired) electrons. The third-order valence-electron chi connectivity index (χ3n) is 8.72. The SMILES string of the molecule is O=[N+]([O-])c1ccc(N(c2ccccc2)c2ccccc2)cc1-c1cc2ccc3sc4ccccc4c3c2c2c1sc1ccccc12. The van der Waals surface area contributed by atoms with Crippen LogP contribution >= 0.6 is 22.7 Å². The van der Waals surface area contributed by atoms with Gasteiger partial charge in [-0.1, -0.05) is 78.9 Å². The van der Waals surface area contributed by atoms with E-state index in [1.54, 1.807) is 17.4 Å². The van der Waals surface area contributed by atoms with Crippen LogP contribution in [0.1, 0.15) is 0 Å². The summed E-state index contributed by atoms with van der Waals surface area (Å²) in [7, 11) is 0. The third-order valence-corrected chi connectivity index (χ3v) is 11.1. The molecule has 0 fully saturated rings. The molecule has 2 heterocycles. The molecule has 0 bridgehead atoms. The number of para-hydroxylation sites is 2. The zero-order valence-electron chi connectivity index (χ0n) is 24.4. The second kappa shape index (κ2) is 10.5. The van der Waals surface area contributed by atoms with Crippen molar-refractivity contribution in [2.45, 2.75) is 0 Å². The minimum Gasteiger partial charge on any atom is -0.310 e. The van der Waals surface area contributed by atoms with Gasteiger partial charge in [-0.05, 0) is 66.0 Å². The van der Waals surface area contributed by atoms with Crippen LogP contribution in [0, 0.1) is 10.1 Å². The number of nitrogens with zero attached hydrogens (tertiary/aromatic N) is 2. The van der Waals surface area contributed by atoms with Crippen LogP contribution in [-0.2, 0) is 0 Å². The van der Waals surface area contributed by atoms with E-state index in [1.807, 2.05) is 59.9 Å². The quantitative estimate of drug-likeness (QED) is 0.141. The van der Waals surface area contributed by atoms with Gasteiger partial charge in [0.2, 0.25) is 0 Å². The summed E-state index contributed by atoms with van der Waals surface area (Å²) in [5, 5.41) is 19.8. The number of hydrogen-bond donors (Lipinski definition) is 0. The summed E-state index contributed by atoms with van der Waals surface area (Å²) >= 11 is 3.52. The maximum Gasteiger partial charge on any atom is 0.277 e. The van der Waals surface area contributed by atoms with Gasteiger partial charge in [0.05, 0.1) is 10.5 Å². The highest BCUT2D eigenvalue weighted by Crippen LogP contribution is 2.50. The molecule has 0 unspecified atom stereocenters. The maximum absolute atomic E-state index is 12.7. The maximum atomic E-state index is 12.7. The van der Waals surface area contributed by atoms with Crippen molar-refractivity contribution in [3.63, 3.8) is 0 Å². The van der Waals surface area contributed by atoms with Crippen LogP contribution in [0.15, 0.2) is 146 Å². The molecular weight excluding hydrogens is 605 g/mol. The first-order valence-corrected chi connectivity index (χ1v) is 16.7. The van der Waals surface area contributed by atoms with Crippen LogP contribution in [0.3, 0.4) is 0 Å². The molecular formula is C40H24N2O2S2. The first kappa shape index (κ1) is 26.8. The fraction of sp³-hybridized carbons (Fsp3) is 0. The number of rotatable bonds is 5. The molecule has 0 aliphatic heterocycles. The van der Waals surface area contributed by atoms with E-state index in [0.717, 1.165) is 42.8 Å². The van der Waals surface area contributed by atoms with E-state index in [-0.39, 0.29) is 10.6 Å². The molecule has 0 saturated carbocycles. The Hall–Kier alpha value is -5.56. The smallest absolute Gasteiger partial charge is 0.277 e. The van der Waals surface area contributed by atoms with Gasteiger partial charge < -0.3 is 4.90 Å². The molecule has 4 nitrogen and oxygen atoms in total. The van der Waals surface area contributed by atoms with Gasteiger partial charge in [0.15, 0.2) is 0 Å². The highest BCUT2D eigenvalue weighted by molar-refractivity contribution is 7.27. The van der Waals surface area contributed by atoms with Gasteiger partial charge in [-0.25, -0.2) is 0 Å².